The number of H-pyrrole nitrogens is 1. The van der Waals surface area contributed by atoms with Crippen molar-refractivity contribution in [3.8, 4) is 11.1 Å². The Bertz CT molecular complexity index is 2700. The summed E-state index contributed by atoms with van der Waals surface area (Å²) in [5.41, 5.74) is 4.98. The molecule has 5 aromatic rings. The van der Waals surface area contributed by atoms with Crippen molar-refractivity contribution in [2.45, 2.75) is 63.2 Å². The quantitative estimate of drug-likeness (QED) is 0.127. The fraction of sp³-hybridized carbons (Fsp3) is 0.333. The lowest BCUT2D eigenvalue weighted by Gasteiger charge is -2.32. The van der Waals surface area contributed by atoms with Gasteiger partial charge in [0.1, 0.15) is 23.7 Å². The Morgan fingerprint density at radius 2 is 1.74 bits per heavy atom. The second-order valence-electron chi connectivity index (χ2n) is 16.3. The number of amides is 2. The lowest BCUT2D eigenvalue weighted by molar-refractivity contribution is -0.126. The highest BCUT2D eigenvalue weighted by Gasteiger charge is 2.39. The number of pyridine rings is 1. The summed E-state index contributed by atoms with van der Waals surface area (Å²) in [5, 5.41) is 3.13. The molecule has 3 fully saturated rings. The van der Waals surface area contributed by atoms with Crippen molar-refractivity contribution in [1.82, 2.24) is 29.4 Å². The van der Waals surface area contributed by atoms with E-state index in [4.69, 9.17) is 0 Å². The molecule has 0 saturated carbocycles. The van der Waals surface area contributed by atoms with E-state index in [1.54, 1.807) is 17.2 Å². The van der Waals surface area contributed by atoms with Gasteiger partial charge in [0.25, 0.3) is 5.91 Å². The zero-order valence-electron chi connectivity index (χ0n) is 33.2. The molecule has 9 rings (SSSR count). The standard InChI is InChI=1S/C45H44F3N7O5S/c1-26-2-11-39(44(57)51-26)55-24-32-20-30(7-8-34(32)45(55)58)29-13-17-53(18-14-29)16-12-27-3-5-28(6-4-27)31-21-35-36(23-50-43(35)49-22-31)42(56)40-37(47)9-10-38(41(40)48)52-61(59,60)54-19-15-33(46)25-54/h3-10,20-23,29,33,39,52H,1-2,11-19,24-25H2,(H,49,50)(H,51,57)/t33-,39?/m1/s1. The average Bonchev–Trinajstić information content (AvgIpc) is 3.98. The number of halogens is 3. The molecule has 0 aliphatic carbocycles. The highest BCUT2D eigenvalue weighted by atomic mass is 32.2. The van der Waals surface area contributed by atoms with Crippen molar-refractivity contribution >= 4 is 44.5 Å². The minimum absolute atomic E-state index is 0.00536. The number of aromatic nitrogens is 2. The molecule has 0 radical (unpaired) electrons. The van der Waals surface area contributed by atoms with Crippen LogP contribution in [0.5, 0.6) is 0 Å². The number of anilines is 1. The predicted molar refractivity (Wildman–Crippen MR) is 224 cm³/mol. The van der Waals surface area contributed by atoms with Gasteiger partial charge in [0.2, 0.25) is 11.7 Å². The maximum absolute atomic E-state index is 15.7. The van der Waals surface area contributed by atoms with Gasteiger partial charge < -0.3 is 20.1 Å². The smallest absolute Gasteiger partial charge is 0.301 e. The van der Waals surface area contributed by atoms with E-state index in [2.05, 4.69) is 38.9 Å². The number of nitrogens with zero attached hydrogens (tertiary/aromatic N) is 4. The summed E-state index contributed by atoms with van der Waals surface area (Å²) in [6.07, 6.45) is 5.73. The number of benzene rings is 3. The number of piperidine rings is 2. The van der Waals surface area contributed by atoms with Gasteiger partial charge in [-0.05, 0) is 104 Å². The first-order valence-electron chi connectivity index (χ1n) is 20.5. The Kier molecular flexibility index (Phi) is 10.8. The number of carbonyl (C=O) groups is 3. The molecular weight excluding hydrogens is 808 g/mol. The summed E-state index contributed by atoms with van der Waals surface area (Å²) in [6, 6.07) is 17.1. The lowest BCUT2D eigenvalue weighted by Crippen LogP contribution is -2.49. The van der Waals surface area contributed by atoms with Crippen LogP contribution < -0.4 is 10.0 Å². The third kappa shape index (κ3) is 7.95. The largest absolute Gasteiger partial charge is 0.345 e. The molecule has 4 aliphatic heterocycles. The summed E-state index contributed by atoms with van der Waals surface area (Å²) in [4.78, 5) is 51.0. The highest BCUT2D eigenvalue weighted by Crippen LogP contribution is 2.35. The van der Waals surface area contributed by atoms with Crippen molar-refractivity contribution in [1.29, 1.82) is 0 Å². The zero-order chi connectivity index (χ0) is 42.6. The number of fused-ring (bicyclic) bond motifs is 2. The molecule has 0 bridgehead atoms. The first kappa shape index (κ1) is 40.6. The van der Waals surface area contributed by atoms with E-state index in [9.17, 15) is 27.2 Å². The van der Waals surface area contributed by atoms with Crippen LogP contribution in [0, 0.1) is 11.6 Å². The number of ketones is 1. The normalized spacial score (nSPS) is 20.4. The Balaban J connectivity index is 0.815. The number of allylic oxidation sites excluding steroid dienone is 1. The Hall–Kier alpha value is -5.84. The maximum Gasteiger partial charge on any atom is 0.301 e. The first-order chi connectivity index (χ1) is 29.3. The number of carbonyl (C=O) groups excluding carboxylic acids is 3. The summed E-state index contributed by atoms with van der Waals surface area (Å²) in [7, 11) is -4.35. The molecule has 2 atom stereocenters. The summed E-state index contributed by atoms with van der Waals surface area (Å²) < 4.78 is 72.9. The second-order valence-corrected chi connectivity index (χ2v) is 18.0. The van der Waals surface area contributed by atoms with E-state index in [0.717, 1.165) is 72.0 Å². The third-order valence-corrected chi connectivity index (χ3v) is 14.0. The fourth-order valence-corrected chi connectivity index (χ4v) is 10.3. The van der Waals surface area contributed by atoms with E-state index >= 15 is 8.78 Å². The van der Waals surface area contributed by atoms with Crippen LogP contribution in [0.25, 0.3) is 22.2 Å². The monoisotopic (exact) mass is 851 g/mol. The summed E-state index contributed by atoms with van der Waals surface area (Å²) >= 11 is 0. The van der Waals surface area contributed by atoms with Crippen molar-refractivity contribution in [2.75, 3.05) is 37.4 Å². The zero-order valence-corrected chi connectivity index (χ0v) is 34.0. The second kappa shape index (κ2) is 16.2. The molecular formula is C45H44F3N7O5S. The number of nitrogens with one attached hydrogen (secondary N) is 3. The van der Waals surface area contributed by atoms with Crippen LogP contribution in [0.4, 0.5) is 18.9 Å². The van der Waals surface area contributed by atoms with Gasteiger partial charge >= 0.3 is 10.2 Å². The molecule has 6 heterocycles. The average molecular weight is 852 g/mol. The number of hydrogen-bond acceptors (Lipinski definition) is 7. The van der Waals surface area contributed by atoms with Gasteiger partial charge in [-0.25, -0.2) is 18.2 Å². The van der Waals surface area contributed by atoms with E-state index in [1.807, 2.05) is 35.1 Å². The molecule has 3 N–H and O–H groups in total. The fourth-order valence-electron chi connectivity index (χ4n) is 9.00. The van der Waals surface area contributed by atoms with Gasteiger partial charge in [-0.3, -0.25) is 19.1 Å². The minimum atomic E-state index is -4.35. The number of rotatable bonds is 11. The molecule has 3 aromatic carbocycles. The molecule has 4 aliphatic rings. The Morgan fingerprint density at radius 1 is 0.951 bits per heavy atom. The van der Waals surface area contributed by atoms with Crippen LogP contribution in [0.3, 0.4) is 0 Å². The van der Waals surface area contributed by atoms with Crippen molar-refractivity contribution in [3.05, 3.63) is 130 Å². The molecule has 0 spiro atoms. The number of aromatic amines is 1. The van der Waals surface area contributed by atoms with Gasteiger partial charge in [0.15, 0.2) is 5.82 Å². The topological polar surface area (TPSA) is 148 Å². The predicted octanol–water partition coefficient (Wildman–Crippen LogP) is 6.61. The Morgan fingerprint density at radius 3 is 2.48 bits per heavy atom. The molecule has 61 heavy (non-hydrogen) atoms. The SMILES string of the molecule is C=C1CCC(N2Cc3cc(C4CCN(CCc5ccc(-c6cnc7[nH]cc(C(=O)c8c(F)ccc(NS(=O)(=O)N9CC[C@@H](F)C9)c8F)c7c6)cc5)CC4)ccc3C2=O)C(=O)N1. The number of alkyl halides is 1. The van der Waals surface area contributed by atoms with Gasteiger partial charge in [0, 0.05) is 66.3 Å². The van der Waals surface area contributed by atoms with Crippen molar-refractivity contribution < 1.29 is 36.0 Å². The van der Waals surface area contributed by atoms with Crippen LogP contribution in [-0.4, -0.2) is 95.0 Å². The van der Waals surface area contributed by atoms with Gasteiger partial charge in [-0.2, -0.15) is 12.7 Å². The van der Waals surface area contributed by atoms with E-state index in [-0.39, 0.29) is 36.9 Å². The molecule has 3 saturated heterocycles. The molecule has 16 heteroatoms. The van der Waals surface area contributed by atoms with Crippen molar-refractivity contribution in [3.63, 3.8) is 0 Å². The minimum Gasteiger partial charge on any atom is -0.345 e. The van der Waals surface area contributed by atoms with Gasteiger partial charge in [-0.15, -0.1) is 0 Å². The van der Waals surface area contributed by atoms with Gasteiger partial charge in [-0.1, -0.05) is 43.0 Å². The molecule has 1 unspecified atom stereocenters. The molecule has 2 aromatic heterocycles. The summed E-state index contributed by atoms with van der Waals surface area (Å²) in [6.45, 7) is 6.61. The molecule has 316 valence electrons. The Labute approximate surface area is 351 Å². The van der Waals surface area contributed by atoms with E-state index in [1.165, 1.54) is 11.8 Å². The first-order valence-corrected chi connectivity index (χ1v) is 21.9. The van der Waals surface area contributed by atoms with Crippen LogP contribution >= 0.6 is 0 Å². The van der Waals surface area contributed by atoms with Crippen LogP contribution in [-0.2, 0) is 28.0 Å². The number of hydrogen-bond donors (Lipinski definition) is 3. The molecule has 12 nitrogen and oxygen atoms in total. The van der Waals surface area contributed by atoms with E-state index < -0.39 is 51.1 Å². The highest BCUT2D eigenvalue weighted by molar-refractivity contribution is 7.90. The van der Waals surface area contributed by atoms with E-state index in [0.29, 0.717) is 53.2 Å². The van der Waals surface area contributed by atoms with Crippen LogP contribution in [0.15, 0.2) is 85.3 Å². The third-order valence-electron chi connectivity index (χ3n) is 12.5. The number of likely N-dealkylation sites (tertiary alicyclic amines) is 1. The summed E-state index contributed by atoms with van der Waals surface area (Å²) in [5.74, 6) is -3.41. The van der Waals surface area contributed by atoms with Gasteiger partial charge in [0.05, 0.1) is 11.3 Å². The van der Waals surface area contributed by atoms with Crippen molar-refractivity contribution in [2.24, 2.45) is 0 Å². The van der Waals surface area contributed by atoms with Crippen LogP contribution in [0.2, 0.25) is 0 Å². The molecule has 2 amide bonds. The lowest BCUT2D eigenvalue weighted by atomic mass is 9.88. The van der Waals surface area contributed by atoms with Crippen LogP contribution in [0.1, 0.15) is 81.0 Å². The maximum atomic E-state index is 15.7.